The van der Waals surface area contributed by atoms with E-state index in [1.165, 1.54) is 28.7 Å². The molecule has 0 radical (unpaired) electrons. The van der Waals surface area contributed by atoms with Crippen molar-refractivity contribution in [3.63, 3.8) is 0 Å². The van der Waals surface area contributed by atoms with E-state index < -0.39 is 0 Å². The molecule has 0 saturated carbocycles. The summed E-state index contributed by atoms with van der Waals surface area (Å²) in [6.45, 7) is 2.37. The van der Waals surface area contributed by atoms with Crippen molar-refractivity contribution >= 4 is 5.57 Å². The Morgan fingerprint density at radius 1 is 0.778 bits per heavy atom. The first-order valence-corrected chi connectivity index (χ1v) is 10.1. The van der Waals surface area contributed by atoms with Crippen LogP contribution in [0.15, 0.2) is 108 Å². The van der Waals surface area contributed by atoms with Crippen LogP contribution in [0.2, 0.25) is 0 Å². The van der Waals surface area contributed by atoms with Crippen LogP contribution in [0.5, 0.6) is 0 Å². The minimum absolute atomic E-state index is 0.0695. The molecule has 3 aliphatic carbocycles. The molecular formula is C27H28. The molecule has 0 bridgehead atoms. The zero-order valence-electron chi connectivity index (χ0n) is 16.1. The van der Waals surface area contributed by atoms with Crippen molar-refractivity contribution in [2.75, 3.05) is 0 Å². The summed E-state index contributed by atoms with van der Waals surface area (Å²) in [5.41, 5.74) is 5.42. The topological polar surface area (TPSA) is 0 Å². The van der Waals surface area contributed by atoms with E-state index in [9.17, 15) is 0 Å². The molecule has 3 aliphatic rings. The molecule has 0 nitrogen and oxygen atoms in total. The summed E-state index contributed by atoms with van der Waals surface area (Å²) in [6.07, 6.45) is 30.2. The van der Waals surface area contributed by atoms with Gasteiger partial charge in [-0.3, -0.25) is 0 Å². The van der Waals surface area contributed by atoms with E-state index >= 15 is 0 Å². The molecule has 1 aromatic rings. The largest absolute Gasteiger partial charge is 0.0836 e. The highest BCUT2D eigenvalue weighted by Gasteiger charge is 2.29. The van der Waals surface area contributed by atoms with E-state index in [0.717, 1.165) is 19.3 Å². The lowest BCUT2D eigenvalue weighted by molar-refractivity contribution is 0.331. The predicted molar refractivity (Wildman–Crippen MR) is 117 cm³/mol. The summed E-state index contributed by atoms with van der Waals surface area (Å²) in [4.78, 5) is 0. The fraction of sp³-hybridized carbons (Fsp3) is 0.259. The monoisotopic (exact) mass is 352 g/mol. The van der Waals surface area contributed by atoms with E-state index in [0.29, 0.717) is 5.92 Å². The Bertz CT molecular complexity index is 883. The summed E-state index contributed by atoms with van der Waals surface area (Å²) in [5, 5.41) is 0. The first kappa shape index (κ1) is 17.8. The maximum absolute atomic E-state index is 2.44. The molecule has 0 fully saturated rings. The van der Waals surface area contributed by atoms with E-state index in [1.807, 2.05) is 0 Å². The quantitative estimate of drug-likeness (QED) is 0.532. The van der Waals surface area contributed by atoms with Gasteiger partial charge >= 0.3 is 0 Å². The van der Waals surface area contributed by atoms with Gasteiger partial charge < -0.3 is 0 Å². The smallest absolute Gasteiger partial charge is 0.00732 e. The standard InChI is InChI=1S/C27H28/c1-27(20-9-15-25(19-21-27)23-12-6-3-7-13-23)26-16-8-14-24(17-18-26)22-10-4-2-5-11-22/h3-4,6-15,17,19-21,26H,2,5,16,18H2,1H3. The van der Waals surface area contributed by atoms with Crippen LogP contribution in [-0.4, -0.2) is 0 Å². The van der Waals surface area contributed by atoms with Gasteiger partial charge in [0.25, 0.3) is 0 Å². The average molecular weight is 353 g/mol. The van der Waals surface area contributed by atoms with Gasteiger partial charge in [-0.05, 0) is 53.9 Å². The Morgan fingerprint density at radius 3 is 2.41 bits per heavy atom. The van der Waals surface area contributed by atoms with Gasteiger partial charge in [-0.25, -0.2) is 0 Å². The highest BCUT2D eigenvalue weighted by molar-refractivity contribution is 5.76. The number of hydrogen-bond acceptors (Lipinski definition) is 0. The first-order chi connectivity index (χ1) is 13.2. The van der Waals surface area contributed by atoms with Crippen molar-refractivity contribution in [3.05, 3.63) is 114 Å². The second-order valence-electron chi connectivity index (χ2n) is 7.92. The molecule has 27 heavy (non-hydrogen) atoms. The summed E-state index contributed by atoms with van der Waals surface area (Å²) in [5.74, 6) is 0.579. The Morgan fingerprint density at radius 2 is 1.59 bits per heavy atom. The average Bonchev–Trinajstić information content (AvgIpc) is 3.09. The molecule has 4 rings (SSSR count). The van der Waals surface area contributed by atoms with Gasteiger partial charge in [0, 0.05) is 5.41 Å². The Balaban J connectivity index is 1.54. The SMILES string of the molecule is CC1(C2CC=CC(C3=CCCC=C3)=CC2)C=CC=C(c2ccccc2)C=C1. The lowest BCUT2D eigenvalue weighted by Crippen LogP contribution is -2.22. The third-order valence-corrected chi connectivity index (χ3v) is 6.01. The highest BCUT2D eigenvalue weighted by Crippen LogP contribution is 2.40. The molecule has 0 heteroatoms. The van der Waals surface area contributed by atoms with Gasteiger partial charge in [-0.2, -0.15) is 0 Å². The van der Waals surface area contributed by atoms with Crippen molar-refractivity contribution in [1.82, 2.24) is 0 Å². The third kappa shape index (κ3) is 4.06. The molecule has 0 spiro atoms. The lowest BCUT2D eigenvalue weighted by Gasteiger charge is -2.31. The molecule has 136 valence electrons. The van der Waals surface area contributed by atoms with Gasteiger partial charge in [0.05, 0.1) is 0 Å². The first-order valence-electron chi connectivity index (χ1n) is 10.1. The zero-order chi connectivity index (χ0) is 18.5. The van der Waals surface area contributed by atoms with Crippen LogP contribution >= 0.6 is 0 Å². The summed E-state index contributed by atoms with van der Waals surface area (Å²) >= 11 is 0. The van der Waals surface area contributed by atoms with Crippen LogP contribution in [0.25, 0.3) is 5.57 Å². The molecule has 0 heterocycles. The number of rotatable bonds is 3. The van der Waals surface area contributed by atoms with Gasteiger partial charge in [0.2, 0.25) is 0 Å². The van der Waals surface area contributed by atoms with Crippen LogP contribution < -0.4 is 0 Å². The molecule has 0 amide bonds. The normalized spacial score (nSPS) is 27.4. The molecule has 2 atom stereocenters. The van der Waals surface area contributed by atoms with Crippen molar-refractivity contribution in [2.45, 2.75) is 32.6 Å². The molecule has 0 aromatic heterocycles. The highest BCUT2D eigenvalue weighted by atomic mass is 14.3. The van der Waals surface area contributed by atoms with Crippen molar-refractivity contribution < 1.29 is 0 Å². The Kier molecular flexibility index (Phi) is 5.25. The van der Waals surface area contributed by atoms with E-state index in [2.05, 4.69) is 104 Å². The van der Waals surface area contributed by atoms with Crippen LogP contribution in [0.3, 0.4) is 0 Å². The molecule has 0 aliphatic heterocycles. The van der Waals surface area contributed by atoms with Crippen molar-refractivity contribution in [1.29, 1.82) is 0 Å². The molecule has 0 N–H and O–H groups in total. The molecule has 1 aromatic carbocycles. The number of allylic oxidation sites excluding steroid dienone is 14. The molecule has 2 unspecified atom stereocenters. The van der Waals surface area contributed by atoms with Crippen LogP contribution in [0, 0.1) is 11.3 Å². The van der Waals surface area contributed by atoms with Gasteiger partial charge in [0.1, 0.15) is 0 Å². The van der Waals surface area contributed by atoms with Gasteiger partial charge in [-0.15, -0.1) is 0 Å². The number of benzene rings is 1. The van der Waals surface area contributed by atoms with E-state index in [1.54, 1.807) is 0 Å². The number of hydrogen-bond donors (Lipinski definition) is 0. The maximum Gasteiger partial charge on any atom is 0.00732 e. The van der Waals surface area contributed by atoms with Gasteiger partial charge in [-0.1, -0.05) is 104 Å². The fourth-order valence-corrected chi connectivity index (χ4v) is 4.18. The van der Waals surface area contributed by atoms with E-state index in [-0.39, 0.29) is 5.41 Å². The van der Waals surface area contributed by atoms with Crippen LogP contribution in [0.1, 0.15) is 38.2 Å². The molecular weight excluding hydrogens is 324 g/mol. The molecule has 0 saturated heterocycles. The van der Waals surface area contributed by atoms with Gasteiger partial charge in [0.15, 0.2) is 0 Å². The van der Waals surface area contributed by atoms with Crippen LogP contribution in [-0.2, 0) is 0 Å². The minimum Gasteiger partial charge on any atom is -0.0836 e. The van der Waals surface area contributed by atoms with Crippen LogP contribution in [0.4, 0.5) is 0 Å². The van der Waals surface area contributed by atoms with E-state index in [4.69, 9.17) is 0 Å². The fourth-order valence-electron chi connectivity index (χ4n) is 4.18. The predicted octanol–water partition coefficient (Wildman–Crippen LogP) is 7.37. The van der Waals surface area contributed by atoms with Crippen molar-refractivity contribution in [2.24, 2.45) is 11.3 Å². The zero-order valence-corrected chi connectivity index (χ0v) is 16.1. The summed E-state index contributed by atoms with van der Waals surface area (Å²) in [6, 6.07) is 10.6. The second-order valence-corrected chi connectivity index (χ2v) is 7.92. The summed E-state index contributed by atoms with van der Waals surface area (Å²) in [7, 11) is 0. The van der Waals surface area contributed by atoms with Crippen molar-refractivity contribution in [3.8, 4) is 0 Å². The Hall–Kier alpha value is -2.60. The second kappa shape index (κ2) is 7.96. The lowest BCUT2D eigenvalue weighted by atomic mass is 9.73. The summed E-state index contributed by atoms with van der Waals surface area (Å²) < 4.78 is 0. The maximum atomic E-state index is 2.44. The minimum atomic E-state index is 0.0695. The Labute approximate surface area is 163 Å². The third-order valence-electron chi connectivity index (χ3n) is 6.01.